The van der Waals surface area contributed by atoms with Crippen LogP contribution < -0.4 is 10.5 Å². The summed E-state index contributed by atoms with van der Waals surface area (Å²) >= 11 is 0. The number of H-pyrrole nitrogens is 1. The zero-order valence-electron chi connectivity index (χ0n) is 11.6. The van der Waals surface area contributed by atoms with E-state index in [4.69, 9.17) is 10.5 Å². The molecule has 0 saturated heterocycles. The molecule has 0 atom stereocenters. The van der Waals surface area contributed by atoms with E-state index in [9.17, 15) is 4.79 Å². The summed E-state index contributed by atoms with van der Waals surface area (Å²) in [6.07, 6.45) is 3.05. The maximum absolute atomic E-state index is 10.6. The number of amides is 1. The Hall–Kier alpha value is -2.30. The number of aryl methyl sites for hydroxylation is 1. The summed E-state index contributed by atoms with van der Waals surface area (Å²) in [5.74, 6) is 0.587. The largest absolute Gasteiger partial charge is 0.497 e. The Bertz CT molecular complexity index is 561. The predicted molar refractivity (Wildman–Crippen MR) is 77.3 cm³/mol. The number of nitrogens with zero attached hydrogens (tertiary/aromatic N) is 1. The Morgan fingerprint density at radius 2 is 2.05 bits per heavy atom. The molecular weight excluding hydrogens is 254 g/mol. The van der Waals surface area contributed by atoms with Gasteiger partial charge in [0, 0.05) is 17.7 Å². The van der Waals surface area contributed by atoms with Crippen molar-refractivity contribution < 1.29 is 9.53 Å². The van der Waals surface area contributed by atoms with Gasteiger partial charge in [-0.2, -0.15) is 5.10 Å². The molecule has 1 aromatic carbocycles. The van der Waals surface area contributed by atoms with Crippen molar-refractivity contribution in [2.75, 3.05) is 7.11 Å². The maximum atomic E-state index is 10.6. The number of primary amides is 1. The number of nitrogens with two attached hydrogens (primary N) is 1. The number of benzene rings is 1. The highest BCUT2D eigenvalue weighted by molar-refractivity contribution is 5.73. The highest BCUT2D eigenvalue weighted by Crippen LogP contribution is 2.21. The minimum absolute atomic E-state index is 0.242. The van der Waals surface area contributed by atoms with Gasteiger partial charge >= 0.3 is 0 Å². The van der Waals surface area contributed by atoms with E-state index in [-0.39, 0.29) is 5.91 Å². The van der Waals surface area contributed by atoms with Crippen molar-refractivity contribution in [1.82, 2.24) is 10.2 Å². The molecule has 0 aliphatic heterocycles. The smallest absolute Gasteiger partial charge is 0.217 e. The molecule has 3 N–H and O–H groups in total. The van der Waals surface area contributed by atoms with Gasteiger partial charge in [0.05, 0.1) is 12.8 Å². The van der Waals surface area contributed by atoms with Crippen LogP contribution in [0.25, 0.3) is 11.3 Å². The highest BCUT2D eigenvalue weighted by atomic mass is 16.5. The Labute approximate surface area is 118 Å². The van der Waals surface area contributed by atoms with Crippen molar-refractivity contribution in [1.29, 1.82) is 0 Å². The third-order valence-electron chi connectivity index (χ3n) is 3.14. The molecule has 20 heavy (non-hydrogen) atoms. The van der Waals surface area contributed by atoms with Crippen LogP contribution in [0.1, 0.15) is 25.0 Å². The van der Waals surface area contributed by atoms with E-state index in [1.54, 1.807) is 7.11 Å². The fraction of sp³-hybridized carbons (Fsp3) is 0.333. The second-order valence-corrected chi connectivity index (χ2v) is 4.68. The van der Waals surface area contributed by atoms with Crippen LogP contribution in [0.5, 0.6) is 5.75 Å². The van der Waals surface area contributed by atoms with Gasteiger partial charge in [-0.3, -0.25) is 9.89 Å². The molecular formula is C15H19N3O2. The van der Waals surface area contributed by atoms with Gasteiger partial charge in [0.15, 0.2) is 0 Å². The molecule has 1 aromatic heterocycles. The summed E-state index contributed by atoms with van der Waals surface area (Å²) in [6, 6.07) is 9.82. The SMILES string of the molecule is COc1ccc(-c2cc(CCCCC(N)=O)[nH]n2)cc1. The Morgan fingerprint density at radius 1 is 1.30 bits per heavy atom. The van der Waals surface area contributed by atoms with Crippen LogP contribution in [0.2, 0.25) is 0 Å². The van der Waals surface area contributed by atoms with Crippen molar-refractivity contribution >= 4 is 5.91 Å². The standard InChI is InChI=1S/C15H19N3O2/c1-20-13-8-6-11(7-9-13)14-10-12(17-18-14)4-2-3-5-15(16)19/h6-10H,2-5H2,1H3,(H2,16,19)(H,17,18). The number of unbranched alkanes of at least 4 members (excludes halogenated alkanes) is 1. The number of carbonyl (C=O) groups is 1. The predicted octanol–water partition coefficient (Wildman–Crippen LogP) is 2.28. The lowest BCUT2D eigenvalue weighted by molar-refractivity contribution is -0.118. The van der Waals surface area contributed by atoms with E-state index >= 15 is 0 Å². The molecule has 106 valence electrons. The molecule has 0 saturated carbocycles. The van der Waals surface area contributed by atoms with Gasteiger partial charge in [0.25, 0.3) is 0 Å². The molecule has 1 amide bonds. The van der Waals surface area contributed by atoms with Crippen LogP contribution in [0.4, 0.5) is 0 Å². The van der Waals surface area contributed by atoms with Crippen LogP contribution in [-0.4, -0.2) is 23.2 Å². The van der Waals surface area contributed by atoms with Crippen LogP contribution in [0.3, 0.4) is 0 Å². The van der Waals surface area contributed by atoms with Gasteiger partial charge in [-0.05, 0) is 49.6 Å². The first-order chi connectivity index (χ1) is 9.69. The highest BCUT2D eigenvalue weighted by Gasteiger charge is 2.04. The van der Waals surface area contributed by atoms with Crippen molar-refractivity contribution in [3.63, 3.8) is 0 Å². The molecule has 2 rings (SSSR count). The number of nitrogens with one attached hydrogen (secondary N) is 1. The fourth-order valence-electron chi connectivity index (χ4n) is 2.01. The molecule has 0 aliphatic carbocycles. The first-order valence-electron chi connectivity index (χ1n) is 6.66. The van der Waals surface area contributed by atoms with Gasteiger partial charge in [-0.25, -0.2) is 0 Å². The molecule has 2 aromatic rings. The molecule has 0 bridgehead atoms. The minimum atomic E-state index is -0.242. The monoisotopic (exact) mass is 273 g/mol. The molecule has 0 unspecified atom stereocenters. The van der Waals surface area contributed by atoms with Crippen LogP contribution in [-0.2, 0) is 11.2 Å². The van der Waals surface area contributed by atoms with Gasteiger partial charge in [0.1, 0.15) is 5.75 Å². The fourth-order valence-corrected chi connectivity index (χ4v) is 2.01. The second-order valence-electron chi connectivity index (χ2n) is 4.68. The van der Waals surface area contributed by atoms with Gasteiger partial charge in [-0.15, -0.1) is 0 Å². The normalized spacial score (nSPS) is 10.4. The molecule has 1 heterocycles. The number of hydrogen-bond donors (Lipinski definition) is 2. The average molecular weight is 273 g/mol. The third kappa shape index (κ3) is 3.85. The van der Waals surface area contributed by atoms with Crippen molar-refractivity contribution in [2.24, 2.45) is 5.73 Å². The number of carbonyl (C=O) groups excluding carboxylic acids is 1. The second kappa shape index (κ2) is 6.75. The Kier molecular flexibility index (Phi) is 4.76. The third-order valence-corrected chi connectivity index (χ3v) is 3.14. The van der Waals surface area contributed by atoms with Gasteiger partial charge in [-0.1, -0.05) is 0 Å². The average Bonchev–Trinajstić information content (AvgIpc) is 2.92. The topological polar surface area (TPSA) is 81.0 Å². The summed E-state index contributed by atoms with van der Waals surface area (Å²) in [6.45, 7) is 0. The number of aromatic amines is 1. The van der Waals surface area contributed by atoms with Crippen molar-refractivity contribution in [2.45, 2.75) is 25.7 Å². The van der Waals surface area contributed by atoms with E-state index in [0.717, 1.165) is 42.0 Å². The van der Waals surface area contributed by atoms with Gasteiger partial charge in [0.2, 0.25) is 5.91 Å². The maximum Gasteiger partial charge on any atom is 0.217 e. The zero-order chi connectivity index (χ0) is 14.4. The van der Waals surface area contributed by atoms with E-state index in [0.29, 0.717) is 6.42 Å². The number of aromatic nitrogens is 2. The van der Waals surface area contributed by atoms with E-state index in [1.807, 2.05) is 30.3 Å². The van der Waals surface area contributed by atoms with E-state index in [2.05, 4.69) is 10.2 Å². The molecule has 5 nitrogen and oxygen atoms in total. The lowest BCUT2D eigenvalue weighted by atomic mass is 10.1. The first kappa shape index (κ1) is 14.1. The minimum Gasteiger partial charge on any atom is -0.497 e. The Morgan fingerprint density at radius 3 is 2.70 bits per heavy atom. The van der Waals surface area contributed by atoms with Gasteiger partial charge < -0.3 is 10.5 Å². The lowest BCUT2D eigenvalue weighted by Gasteiger charge is -2.00. The summed E-state index contributed by atoms with van der Waals surface area (Å²) < 4.78 is 5.13. The molecule has 0 fully saturated rings. The molecule has 0 radical (unpaired) electrons. The Balaban J connectivity index is 1.92. The van der Waals surface area contributed by atoms with E-state index < -0.39 is 0 Å². The first-order valence-corrected chi connectivity index (χ1v) is 6.66. The number of methoxy groups -OCH3 is 1. The van der Waals surface area contributed by atoms with Crippen molar-refractivity contribution in [3.05, 3.63) is 36.0 Å². The number of ether oxygens (including phenoxy) is 1. The van der Waals surface area contributed by atoms with Crippen LogP contribution >= 0.6 is 0 Å². The molecule has 0 spiro atoms. The van der Waals surface area contributed by atoms with E-state index in [1.165, 1.54) is 0 Å². The summed E-state index contributed by atoms with van der Waals surface area (Å²) in [5, 5.41) is 7.32. The summed E-state index contributed by atoms with van der Waals surface area (Å²) in [4.78, 5) is 10.6. The summed E-state index contributed by atoms with van der Waals surface area (Å²) in [7, 11) is 1.65. The molecule has 0 aliphatic rings. The lowest BCUT2D eigenvalue weighted by Crippen LogP contribution is -2.09. The van der Waals surface area contributed by atoms with Crippen LogP contribution in [0.15, 0.2) is 30.3 Å². The summed E-state index contributed by atoms with van der Waals surface area (Å²) in [5.41, 5.74) is 8.14. The molecule has 5 heteroatoms. The number of hydrogen-bond acceptors (Lipinski definition) is 3. The quantitative estimate of drug-likeness (QED) is 0.759. The number of rotatable bonds is 7. The van der Waals surface area contributed by atoms with Crippen LogP contribution in [0, 0.1) is 0 Å². The zero-order valence-corrected chi connectivity index (χ0v) is 11.6. The van der Waals surface area contributed by atoms with Crippen molar-refractivity contribution in [3.8, 4) is 17.0 Å².